The monoisotopic (exact) mass is 476 g/mol. The number of hydrogen-bond acceptors (Lipinski definition) is 6. The SMILES string of the molecule is Cc1noc(C)c1COC(=O)c1cccc(S(=O)(=O)N(Cc2ccccc2)c2ccccc2)c1. The Morgan fingerprint density at radius 3 is 2.26 bits per heavy atom. The molecular weight excluding hydrogens is 452 g/mol. The number of carbonyl (C=O) groups is 1. The number of esters is 1. The first-order valence-electron chi connectivity index (χ1n) is 10.7. The zero-order chi connectivity index (χ0) is 24.1. The molecule has 0 saturated heterocycles. The molecule has 0 aliphatic rings. The fourth-order valence-corrected chi connectivity index (χ4v) is 5.00. The van der Waals surface area contributed by atoms with E-state index < -0.39 is 16.0 Å². The molecule has 1 heterocycles. The van der Waals surface area contributed by atoms with Crippen LogP contribution in [0.2, 0.25) is 0 Å². The van der Waals surface area contributed by atoms with Crippen LogP contribution in [0.3, 0.4) is 0 Å². The lowest BCUT2D eigenvalue weighted by atomic mass is 10.2. The van der Waals surface area contributed by atoms with Crippen molar-refractivity contribution in [1.29, 1.82) is 0 Å². The Labute approximate surface area is 198 Å². The van der Waals surface area contributed by atoms with E-state index in [0.29, 0.717) is 22.7 Å². The molecule has 0 bridgehead atoms. The van der Waals surface area contributed by atoms with Gasteiger partial charge in [-0.15, -0.1) is 0 Å². The van der Waals surface area contributed by atoms with Gasteiger partial charge in [0.2, 0.25) is 0 Å². The average Bonchev–Trinajstić information content (AvgIpc) is 3.19. The van der Waals surface area contributed by atoms with Gasteiger partial charge in [-0.25, -0.2) is 13.2 Å². The first-order chi connectivity index (χ1) is 16.4. The molecule has 1 aromatic heterocycles. The lowest BCUT2D eigenvalue weighted by Crippen LogP contribution is -2.30. The van der Waals surface area contributed by atoms with Crippen molar-refractivity contribution < 1.29 is 22.5 Å². The number of benzene rings is 3. The van der Waals surface area contributed by atoms with Gasteiger partial charge in [0.05, 0.1) is 33.9 Å². The first kappa shape index (κ1) is 23.3. The summed E-state index contributed by atoms with van der Waals surface area (Å²) in [6.07, 6.45) is 0. The number of nitrogens with zero attached hydrogens (tertiary/aromatic N) is 2. The zero-order valence-corrected chi connectivity index (χ0v) is 19.7. The maximum atomic E-state index is 13.7. The van der Waals surface area contributed by atoms with Crippen LogP contribution in [-0.4, -0.2) is 19.5 Å². The highest BCUT2D eigenvalue weighted by atomic mass is 32.2. The van der Waals surface area contributed by atoms with Gasteiger partial charge >= 0.3 is 5.97 Å². The molecule has 0 fully saturated rings. The fourth-order valence-electron chi connectivity index (χ4n) is 3.50. The lowest BCUT2D eigenvalue weighted by Gasteiger charge is -2.25. The highest BCUT2D eigenvalue weighted by Gasteiger charge is 2.26. The molecule has 4 aromatic rings. The number of carbonyl (C=O) groups excluding carboxylic acids is 1. The number of anilines is 1. The molecule has 0 aliphatic carbocycles. The first-order valence-corrected chi connectivity index (χ1v) is 12.1. The van der Waals surface area contributed by atoms with Crippen LogP contribution >= 0.6 is 0 Å². The van der Waals surface area contributed by atoms with E-state index in [9.17, 15) is 13.2 Å². The van der Waals surface area contributed by atoms with Gasteiger partial charge < -0.3 is 9.26 Å². The van der Waals surface area contributed by atoms with Crippen molar-refractivity contribution in [3.63, 3.8) is 0 Å². The third-order valence-corrected chi connectivity index (χ3v) is 7.17. The molecule has 174 valence electrons. The molecule has 0 N–H and O–H groups in total. The number of sulfonamides is 1. The Kier molecular flexibility index (Phi) is 6.79. The van der Waals surface area contributed by atoms with E-state index in [-0.39, 0.29) is 23.6 Å². The van der Waals surface area contributed by atoms with Crippen molar-refractivity contribution >= 4 is 21.7 Å². The van der Waals surface area contributed by atoms with Crippen molar-refractivity contribution in [3.8, 4) is 0 Å². The van der Waals surface area contributed by atoms with Crippen molar-refractivity contribution in [2.24, 2.45) is 0 Å². The molecule has 0 aliphatic heterocycles. The van der Waals surface area contributed by atoms with Crippen LogP contribution in [0.4, 0.5) is 5.69 Å². The smallest absolute Gasteiger partial charge is 0.338 e. The molecule has 0 amide bonds. The summed E-state index contributed by atoms with van der Waals surface area (Å²) in [6.45, 7) is 3.63. The second-order valence-electron chi connectivity index (χ2n) is 7.74. The van der Waals surface area contributed by atoms with Crippen molar-refractivity contribution in [3.05, 3.63) is 113 Å². The summed E-state index contributed by atoms with van der Waals surface area (Å²) >= 11 is 0. The highest BCUT2D eigenvalue weighted by Crippen LogP contribution is 2.26. The summed E-state index contributed by atoms with van der Waals surface area (Å²) in [5, 5.41) is 3.84. The van der Waals surface area contributed by atoms with Crippen LogP contribution in [0.25, 0.3) is 0 Å². The summed E-state index contributed by atoms with van der Waals surface area (Å²) in [5.74, 6) is -0.0626. The Bertz CT molecular complexity index is 1360. The zero-order valence-electron chi connectivity index (χ0n) is 18.8. The van der Waals surface area contributed by atoms with Crippen molar-refractivity contribution in [2.45, 2.75) is 31.9 Å². The van der Waals surface area contributed by atoms with E-state index in [1.165, 1.54) is 28.6 Å². The second kappa shape index (κ2) is 9.93. The maximum Gasteiger partial charge on any atom is 0.338 e. The molecule has 3 aromatic carbocycles. The third-order valence-electron chi connectivity index (χ3n) is 5.40. The van der Waals surface area contributed by atoms with E-state index in [0.717, 1.165) is 5.56 Å². The molecule has 7 nitrogen and oxygen atoms in total. The summed E-state index contributed by atoms with van der Waals surface area (Å²) in [7, 11) is -3.98. The molecule has 0 unspecified atom stereocenters. The number of rotatable bonds is 8. The van der Waals surface area contributed by atoms with E-state index in [2.05, 4.69) is 5.16 Å². The number of aryl methyl sites for hydroxylation is 2. The van der Waals surface area contributed by atoms with Crippen LogP contribution in [0, 0.1) is 13.8 Å². The van der Waals surface area contributed by atoms with Gasteiger partial charge in [0.25, 0.3) is 10.0 Å². The Morgan fingerprint density at radius 1 is 0.941 bits per heavy atom. The minimum atomic E-state index is -3.98. The Hall–Kier alpha value is -3.91. The van der Waals surface area contributed by atoms with Crippen LogP contribution in [0.5, 0.6) is 0 Å². The topological polar surface area (TPSA) is 89.7 Å². The fraction of sp³-hybridized carbons (Fsp3) is 0.154. The molecule has 0 radical (unpaired) electrons. The summed E-state index contributed by atoms with van der Waals surface area (Å²) < 4.78 is 39.2. The van der Waals surface area contributed by atoms with Gasteiger partial charge in [-0.05, 0) is 49.7 Å². The van der Waals surface area contributed by atoms with Crippen LogP contribution in [0.15, 0.2) is 94.3 Å². The Balaban J connectivity index is 1.62. The van der Waals surface area contributed by atoms with Gasteiger partial charge in [0.1, 0.15) is 12.4 Å². The molecule has 0 atom stereocenters. The lowest BCUT2D eigenvalue weighted by molar-refractivity contribution is 0.0470. The van der Waals surface area contributed by atoms with E-state index in [4.69, 9.17) is 9.26 Å². The molecule has 0 saturated carbocycles. The van der Waals surface area contributed by atoms with Gasteiger partial charge in [0.15, 0.2) is 0 Å². The highest BCUT2D eigenvalue weighted by molar-refractivity contribution is 7.92. The van der Waals surface area contributed by atoms with Gasteiger partial charge in [0, 0.05) is 0 Å². The van der Waals surface area contributed by atoms with Gasteiger partial charge in [-0.2, -0.15) is 0 Å². The minimum absolute atomic E-state index is 0.000858. The third kappa shape index (κ3) is 5.02. The van der Waals surface area contributed by atoms with E-state index in [1.807, 2.05) is 36.4 Å². The van der Waals surface area contributed by atoms with E-state index >= 15 is 0 Å². The largest absolute Gasteiger partial charge is 0.457 e. The van der Waals surface area contributed by atoms with Crippen LogP contribution in [-0.2, 0) is 27.9 Å². The van der Waals surface area contributed by atoms with Gasteiger partial charge in [-0.1, -0.05) is 59.8 Å². The molecule has 34 heavy (non-hydrogen) atoms. The van der Waals surface area contributed by atoms with Crippen LogP contribution in [0.1, 0.15) is 32.9 Å². The predicted octanol–water partition coefficient (Wildman–Crippen LogP) is 5.04. The number of aromatic nitrogens is 1. The number of para-hydroxylation sites is 1. The standard InChI is InChI=1S/C26H24N2O5S/c1-19-25(20(2)33-27-19)18-32-26(29)22-12-9-15-24(16-22)34(30,31)28(23-13-7-4-8-14-23)17-21-10-5-3-6-11-21/h3-16H,17-18H2,1-2H3. The van der Waals surface area contributed by atoms with Crippen molar-refractivity contribution in [1.82, 2.24) is 5.16 Å². The number of ether oxygens (including phenoxy) is 1. The predicted molar refractivity (Wildman–Crippen MR) is 128 cm³/mol. The number of hydrogen-bond donors (Lipinski definition) is 0. The minimum Gasteiger partial charge on any atom is -0.457 e. The van der Waals surface area contributed by atoms with Crippen molar-refractivity contribution in [2.75, 3.05) is 4.31 Å². The normalized spacial score (nSPS) is 11.2. The van der Waals surface area contributed by atoms with E-state index in [1.54, 1.807) is 38.1 Å². The molecule has 8 heteroatoms. The molecule has 0 spiro atoms. The molecule has 4 rings (SSSR count). The van der Waals surface area contributed by atoms with Gasteiger partial charge in [-0.3, -0.25) is 4.31 Å². The Morgan fingerprint density at radius 2 is 1.62 bits per heavy atom. The summed E-state index contributed by atoms with van der Waals surface area (Å²) in [4.78, 5) is 12.7. The molecular formula is C26H24N2O5S. The second-order valence-corrected chi connectivity index (χ2v) is 9.60. The summed E-state index contributed by atoms with van der Waals surface area (Å²) in [5.41, 5.74) is 2.83. The van der Waals surface area contributed by atoms with Crippen LogP contribution < -0.4 is 4.31 Å². The average molecular weight is 477 g/mol. The quantitative estimate of drug-likeness (QED) is 0.331. The summed E-state index contributed by atoms with van der Waals surface area (Å²) in [6, 6.07) is 24.1. The maximum absolute atomic E-state index is 13.7.